The second kappa shape index (κ2) is 7.41. The van der Waals surface area contributed by atoms with Gasteiger partial charge in [0.2, 0.25) is 0 Å². The molecule has 0 spiro atoms. The van der Waals surface area contributed by atoms with Gasteiger partial charge in [0.15, 0.2) is 0 Å². The minimum absolute atomic E-state index is 0.0623. The van der Waals surface area contributed by atoms with Crippen LogP contribution in [0.5, 0.6) is 5.75 Å². The Morgan fingerprint density at radius 3 is 2.24 bits per heavy atom. The van der Waals surface area contributed by atoms with Crippen molar-refractivity contribution in [1.29, 1.82) is 0 Å². The summed E-state index contributed by atoms with van der Waals surface area (Å²) < 4.78 is 32.2. The van der Waals surface area contributed by atoms with Crippen LogP contribution in [0.25, 0.3) is 0 Å². The Morgan fingerprint density at radius 2 is 1.67 bits per heavy atom. The quantitative estimate of drug-likeness (QED) is 0.699. The fourth-order valence-corrected chi connectivity index (χ4v) is 2.43. The second-order valence-electron chi connectivity index (χ2n) is 4.89. The van der Waals surface area contributed by atoms with Gasteiger partial charge < -0.3 is 4.74 Å². The van der Waals surface area contributed by atoms with Crippen molar-refractivity contribution in [1.82, 2.24) is 0 Å². The van der Waals surface area contributed by atoms with Crippen LogP contribution >= 0.6 is 11.6 Å². The van der Waals surface area contributed by atoms with Crippen LogP contribution in [-0.2, 0) is 12.8 Å². The van der Waals surface area contributed by atoms with Crippen molar-refractivity contribution in [2.75, 3.05) is 7.11 Å². The van der Waals surface area contributed by atoms with Crippen LogP contribution in [-0.4, -0.2) is 12.5 Å². The Hall–Kier alpha value is -1.61. The number of aryl methyl sites for hydroxylation is 1. The summed E-state index contributed by atoms with van der Waals surface area (Å²) in [5.41, 5.74) is 1.18. The fraction of sp³-hybridized carbons (Fsp3) is 0.294. The zero-order valence-electron chi connectivity index (χ0n) is 11.8. The number of ether oxygens (including phenoxy) is 1. The van der Waals surface area contributed by atoms with Crippen molar-refractivity contribution < 1.29 is 13.5 Å². The highest BCUT2D eigenvalue weighted by Gasteiger charge is 2.14. The molecule has 1 unspecified atom stereocenters. The van der Waals surface area contributed by atoms with Crippen molar-refractivity contribution in [2.45, 2.75) is 24.6 Å². The first-order valence-electron chi connectivity index (χ1n) is 6.80. The monoisotopic (exact) mass is 310 g/mol. The molecule has 0 aliphatic heterocycles. The molecule has 1 nitrogen and oxygen atoms in total. The van der Waals surface area contributed by atoms with Crippen LogP contribution in [0.1, 0.15) is 17.5 Å². The fourth-order valence-electron chi connectivity index (χ4n) is 2.17. The summed E-state index contributed by atoms with van der Waals surface area (Å²) >= 11 is 6.21. The molecular formula is C17H17ClF2O. The lowest BCUT2D eigenvalue weighted by atomic mass is 10.0. The standard InChI is InChI=1S/C17H17ClF2O/c1-21-14-9-6-12(7-10-14)5-8-13(18)11-15-16(19)3-2-4-17(15)20/h2-4,6-7,9-10,13H,5,8,11H2,1H3. The van der Waals surface area contributed by atoms with Crippen LogP contribution in [0.3, 0.4) is 0 Å². The van der Waals surface area contributed by atoms with Gasteiger partial charge in [-0.25, -0.2) is 8.78 Å². The molecule has 2 rings (SSSR count). The van der Waals surface area contributed by atoms with Gasteiger partial charge in [-0.3, -0.25) is 0 Å². The van der Waals surface area contributed by atoms with Crippen molar-refractivity contribution in [3.8, 4) is 5.75 Å². The van der Waals surface area contributed by atoms with Gasteiger partial charge in [-0.1, -0.05) is 18.2 Å². The summed E-state index contributed by atoms with van der Waals surface area (Å²) in [5, 5.41) is -0.307. The van der Waals surface area contributed by atoms with E-state index in [0.717, 1.165) is 17.7 Å². The molecule has 0 radical (unpaired) electrons. The highest BCUT2D eigenvalue weighted by Crippen LogP contribution is 2.20. The van der Waals surface area contributed by atoms with E-state index in [-0.39, 0.29) is 17.4 Å². The third-order valence-electron chi connectivity index (χ3n) is 3.39. The SMILES string of the molecule is COc1ccc(CCC(Cl)Cc2c(F)cccc2F)cc1. The molecule has 112 valence electrons. The molecule has 21 heavy (non-hydrogen) atoms. The predicted molar refractivity (Wildman–Crippen MR) is 81.0 cm³/mol. The van der Waals surface area contributed by atoms with E-state index in [2.05, 4.69) is 0 Å². The molecule has 0 amide bonds. The first kappa shape index (κ1) is 15.8. The number of rotatable bonds is 6. The van der Waals surface area contributed by atoms with Gasteiger partial charge in [0.25, 0.3) is 0 Å². The zero-order chi connectivity index (χ0) is 15.2. The number of benzene rings is 2. The average molecular weight is 311 g/mol. The maximum atomic E-state index is 13.5. The Balaban J connectivity index is 1.91. The smallest absolute Gasteiger partial charge is 0.129 e. The molecule has 2 aromatic rings. The molecule has 0 fully saturated rings. The summed E-state index contributed by atoms with van der Waals surface area (Å²) in [7, 11) is 1.62. The van der Waals surface area contributed by atoms with Crippen molar-refractivity contribution in [3.63, 3.8) is 0 Å². The van der Waals surface area contributed by atoms with Crippen LogP contribution in [0.2, 0.25) is 0 Å². The normalized spacial score (nSPS) is 12.2. The number of hydrogen-bond acceptors (Lipinski definition) is 1. The molecule has 0 saturated heterocycles. The highest BCUT2D eigenvalue weighted by molar-refractivity contribution is 6.20. The molecule has 0 bridgehead atoms. The predicted octanol–water partition coefficient (Wildman–Crippen LogP) is 4.76. The van der Waals surface area contributed by atoms with E-state index in [9.17, 15) is 8.78 Å². The maximum Gasteiger partial charge on any atom is 0.129 e. The molecule has 2 aromatic carbocycles. The summed E-state index contributed by atoms with van der Waals surface area (Å²) in [6, 6.07) is 11.6. The Morgan fingerprint density at radius 1 is 1.05 bits per heavy atom. The number of halogens is 3. The lowest BCUT2D eigenvalue weighted by Gasteiger charge is -2.11. The molecule has 1 atom stereocenters. The third kappa shape index (κ3) is 4.43. The maximum absolute atomic E-state index is 13.5. The van der Waals surface area contributed by atoms with Gasteiger partial charge in [0.1, 0.15) is 17.4 Å². The van der Waals surface area contributed by atoms with Gasteiger partial charge in [0, 0.05) is 10.9 Å². The van der Waals surface area contributed by atoms with Crippen LogP contribution in [0, 0.1) is 11.6 Å². The summed E-state index contributed by atoms with van der Waals surface area (Å²) in [6.45, 7) is 0. The Labute approximate surface area is 128 Å². The first-order chi connectivity index (χ1) is 10.1. The van der Waals surface area contributed by atoms with Crippen LogP contribution < -0.4 is 4.74 Å². The Kier molecular flexibility index (Phi) is 5.57. The molecule has 0 saturated carbocycles. The summed E-state index contributed by atoms with van der Waals surface area (Å²) in [5.74, 6) is -0.273. The average Bonchev–Trinajstić information content (AvgIpc) is 2.49. The van der Waals surface area contributed by atoms with E-state index < -0.39 is 11.6 Å². The highest BCUT2D eigenvalue weighted by atomic mass is 35.5. The van der Waals surface area contributed by atoms with Crippen molar-refractivity contribution in [3.05, 3.63) is 65.2 Å². The van der Waals surface area contributed by atoms with Crippen molar-refractivity contribution in [2.24, 2.45) is 0 Å². The van der Waals surface area contributed by atoms with E-state index in [4.69, 9.17) is 16.3 Å². The largest absolute Gasteiger partial charge is 0.497 e. The van der Waals surface area contributed by atoms with E-state index in [1.54, 1.807) is 7.11 Å². The Bertz CT molecular complexity index is 564. The van der Waals surface area contributed by atoms with Gasteiger partial charge in [0.05, 0.1) is 7.11 Å². The molecule has 0 heterocycles. The number of methoxy groups -OCH3 is 1. The van der Waals surface area contributed by atoms with Gasteiger partial charge >= 0.3 is 0 Å². The van der Waals surface area contributed by atoms with Gasteiger partial charge in [-0.2, -0.15) is 0 Å². The molecule has 0 aliphatic rings. The summed E-state index contributed by atoms with van der Waals surface area (Å²) in [6.07, 6.45) is 1.60. The zero-order valence-corrected chi connectivity index (χ0v) is 12.5. The minimum atomic E-state index is -0.537. The molecule has 0 N–H and O–H groups in total. The lowest BCUT2D eigenvalue weighted by Crippen LogP contribution is -2.08. The van der Waals surface area contributed by atoms with E-state index in [1.165, 1.54) is 18.2 Å². The molecule has 0 aliphatic carbocycles. The van der Waals surface area contributed by atoms with E-state index in [1.807, 2.05) is 24.3 Å². The van der Waals surface area contributed by atoms with Crippen LogP contribution in [0.4, 0.5) is 8.78 Å². The van der Waals surface area contributed by atoms with E-state index in [0.29, 0.717) is 6.42 Å². The molecular weight excluding hydrogens is 294 g/mol. The first-order valence-corrected chi connectivity index (χ1v) is 7.23. The second-order valence-corrected chi connectivity index (χ2v) is 5.51. The lowest BCUT2D eigenvalue weighted by molar-refractivity contribution is 0.414. The number of alkyl halides is 1. The van der Waals surface area contributed by atoms with Gasteiger partial charge in [-0.05, 0) is 49.1 Å². The minimum Gasteiger partial charge on any atom is -0.497 e. The third-order valence-corrected chi connectivity index (χ3v) is 3.77. The number of hydrogen-bond donors (Lipinski definition) is 0. The van der Waals surface area contributed by atoms with E-state index >= 15 is 0 Å². The molecule has 4 heteroatoms. The van der Waals surface area contributed by atoms with Gasteiger partial charge in [-0.15, -0.1) is 11.6 Å². The topological polar surface area (TPSA) is 9.23 Å². The molecule has 0 aromatic heterocycles. The summed E-state index contributed by atoms with van der Waals surface area (Å²) in [4.78, 5) is 0. The van der Waals surface area contributed by atoms with Crippen molar-refractivity contribution >= 4 is 11.6 Å². The van der Waals surface area contributed by atoms with Crippen LogP contribution in [0.15, 0.2) is 42.5 Å².